The van der Waals surface area contributed by atoms with Gasteiger partial charge in [-0.3, -0.25) is 9.69 Å². The van der Waals surface area contributed by atoms with Crippen molar-refractivity contribution in [1.29, 1.82) is 0 Å². The zero-order chi connectivity index (χ0) is 13.9. The first-order valence-electron chi connectivity index (χ1n) is 8.52. The van der Waals surface area contributed by atoms with E-state index in [9.17, 15) is 4.79 Å². The van der Waals surface area contributed by atoms with Crippen molar-refractivity contribution >= 4 is 5.91 Å². The van der Waals surface area contributed by atoms with E-state index in [-0.39, 0.29) is 6.04 Å². The molecule has 3 aliphatic rings. The fourth-order valence-corrected chi connectivity index (χ4v) is 4.15. The van der Waals surface area contributed by atoms with Gasteiger partial charge in [-0.1, -0.05) is 19.8 Å². The van der Waals surface area contributed by atoms with Gasteiger partial charge >= 0.3 is 0 Å². The summed E-state index contributed by atoms with van der Waals surface area (Å²) in [5, 5.41) is 3.43. The molecule has 1 saturated carbocycles. The highest BCUT2D eigenvalue weighted by Gasteiger charge is 2.33. The summed E-state index contributed by atoms with van der Waals surface area (Å²) in [4.78, 5) is 17.4. The number of carbonyl (C=O) groups is 1. The predicted octanol–water partition coefficient (Wildman–Crippen LogP) is 1.46. The average Bonchev–Trinajstić information content (AvgIpc) is 3.01. The number of nitrogens with one attached hydrogen (secondary N) is 1. The molecule has 3 rings (SSSR count). The van der Waals surface area contributed by atoms with E-state index in [2.05, 4.69) is 22.0 Å². The molecule has 2 unspecified atom stereocenters. The Morgan fingerprint density at radius 3 is 2.35 bits per heavy atom. The summed E-state index contributed by atoms with van der Waals surface area (Å²) >= 11 is 0. The van der Waals surface area contributed by atoms with Crippen LogP contribution in [0.15, 0.2) is 0 Å². The zero-order valence-corrected chi connectivity index (χ0v) is 12.8. The Balaban J connectivity index is 1.50. The molecule has 20 heavy (non-hydrogen) atoms. The maximum absolute atomic E-state index is 12.6. The summed E-state index contributed by atoms with van der Waals surface area (Å²) in [6.45, 7) is 7.24. The van der Waals surface area contributed by atoms with E-state index in [1.54, 1.807) is 0 Å². The Morgan fingerprint density at radius 2 is 1.70 bits per heavy atom. The number of rotatable bonds is 2. The Labute approximate surface area is 122 Å². The Kier molecular flexibility index (Phi) is 4.61. The highest BCUT2D eigenvalue weighted by molar-refractivity contribution is 5.82. The molecule has 2 heterocycles. The van der Waals surface area contributed by atoms with Gasteiger partial charge in [-0.05, 0) is 38.1 Å². The quantitative estimate of drug-likeness (QED) is 0.831. The minimum atomic E-state index is 0.0711. The fourth-order valence-electron chi connectivity index (χ4n) is 4.15. The van der Waals surface area contributed by atoms with Crippen molar-refractivity contribution in [3.8, 4) is 0 Å². The molecule has 0 bridgehead atoms. The lowest BCUT2D eigenvalue weighted by Gasteiger charge is -2.40. The van der Waals surface area contributed by atoms with Crippen LogP contribution in [0.1, 0.15) is 45.4 Å². The smallest absolute Gasteiger partial charge is 0.240 e. The van der Waals surface area contributed by atoms with Gasteiger partial charge in [0.05, 0.1) is 6.04 Å². The summed E-state index contributed by atoms with van der Waals surface area (Å²) in [6, 6.07) is 0.876. The minimum absolute atomic E-state index is 0.0711. The van der Waals surface area contributed by atoms with Gasteiger partial charge in [0.25, 0.3) is 0 Å². The van der Waals surface area contributed by atoms with Crippen molar-refractivity contribution in [1.82, 2.24) is 15.1 Å². The van der Waals surface area contributed by atoms with E-state index in [0.29, 0.717) is 11.8 Å². The number of piperazine rings is 1. The molecule has 0 aromatic rings. The van der Waals surface area contributed by atoms with Crippen LogP contribution in [-0.4, -0.2) is 60.5 Å². The number of piperidine rings is 1. The van der Waals surface area contributed by atoms with Gasteiger partial charge in [0.1, 0.15) is 0 Å². The molecule has 2 atom stereocenters. The van der Waals surface area contributed by atoms with Crippen LogP contribution in [0.2, 0.25) is 0 Å². The van der Waals surface area contributed by atoms with Crippen molar-refractivity contribution in [3.63, 3.8) is 0 Å². The van der Waals surface area contributed by atoms with Gasteiger partial charge in [0.15, 0.2) is 0 Å². The van der Waals surface area contributed by atoms with Gasteiger partial charge in [0, 0.05) is 32.2 Å². The van der Waals surface area contributed by atoms with Crippen molar-refractivity contribution in [2.45, 2.75) is 57.5 Å². The molecule has 4 nitrogen and oxygen atoms in total. The number of carbonyl (C=O) groups excluding carboxylic acids is 1. The summed E-state index contributed by atoms with van der Waals surface area (Å²) in [6.07, 6.45) is 7.93. The highest BCUT2D eigenvalue weighted by Crippen LogP contribution is 2.25. The molecule has 1 N–H and O–H groups in total. The van der Waals surface area contributed by atoms with Crippen molar-refractivity contribution in [2.75, 3.05) is 32.7 Å². The molecular formula is C16H29N3O. The first-order chi connectivity index (χ1) is 9.75. The molecule has 4 heteroatoms. The Hall–Kier alpha value is -0.610. The molecule has 1 amide bonds. The summed E-state index contributed by atoms with van der Waals surface area (Å²) in [7, 11) is 0. The van der Waals surface area contributed by atoms with E-state index in [1.807, 2.05) is 0 Å². The van der Waals surface area contributed by atoms with Crippen molar-refractivity contribution in [3.05, 3.63) is 0 Å². The Morgan fingerprint density at radius 1 is 1.00 bits per heavy atom. The normalized spacial score (nSPS) is 33.5. The molecule has 0 spiro atoms. The molecule has 0 radical (unpaired) electrons. The SMILES string of the molecule is CC1CCCNC1C(=O)N1CCN(C2CCCC2)CC1. The van der Waals surface area contributed by atoms with Gasteiger partial charge in [-0.25, -0.2) is 0 Å². The van der Waals surface area contributed by atoms with Crippen LogP contribution < -0.4 is 5.32 Å². The first kappa shape index (κ1) is 14.3. The van der Waals surface area contributed by atoms with Crippen LogP contribution in [0.25, 0.3) is 0 Å². The second kappa shape index (κ2) is 6.44. The lowest BCUT2D eigenvalue weighted by Crippen LogP contribution is -2.58. The van der Waals surface area contributed by atoms with Crippen LogP contribution in [0.3, 0.4) is 0 Å². The molecule has 0 aromatic carbocycles. The maximum atomic E-state index is 12.6. The van der Waals surface area contributed by atoms with Crippen LogP contribution in [-0.2, 0) is 4.79 Å². The molecule has 2 aliphatic heterocycles. The molecule has 1 aliphatic carbocycles. The summed E-state index contributed by atoms with van der Waals surface area (Å²) < 4.78 is 0. The van der Waals surface area contributed by atoms with Gasteiger partial charge in [-0.2, -0.15) is 0 Å². The first-order valence-corrected chi connectivity index (χ1v) is 8.52. The van der Waals surface area contributed by atoms with Crippen LogP contribution in [0.5, 0.6) is 0 Å². The van der Waals surface area contributed by atoms with Crippen molar-refractivity contribution < 1.29 is 4.79 Å². The lowest BCUT2D eigenvalue weighted by atomic mass is 9.91. The van der Waals surface area contributed by atoms with Crippen molar-refractivity contribution in [2.24, 2.45) is 5.92 Å². The van der Waals surface area contributed by atoms with E-state index in [0.717, 1.165) is 38.8 Å². The lowest BCUT2D eigenvalue weighted by molar-refractivity contribution is -0.137. The van der Waals surface area contributed by atoms with Gasteiger partial charge in [-0.15, -0.1) is 0 Å². The molecular weight excluding hydrogens is 250 g/mol. The second-order valence-corrected chi connectivity index (χ2v) is 6.85. The topological polar surface area (TPSA) is 35.6 Å². The second-order valence-electron chi connectivity index (χ2n) is 6.85. The fraction of sp³-hybridized carbons (Fsp3) is 0.938. The van der Waals surface area contributed by atoms with E-state index in [1.165, 1.54) is 38.5 Å². The van der Waals surface area contributed by atoms with Gasteiger partial charge < -0.3 is 10.2 Å². The molecule has 114 valence electrons. The number of nitrogens with zero attached hydrogens (tertiary/aromatic N) is 2. The summed E-state index contributed by atoms with van der Waals surface area (Å²) in [5.41, 5.74) is 0. The van der Waals surface area contributed by atoms with Crippen LogP contribution in [0.4, 0.5) is 0 Å². The number of hydrogen-bond donors (Lipinski definition) is 1. The van der Waals surface area contributed by atoms with E-state index in [4.69, 9.17) is 0 Å². The molecule has 3 fully saturated rings. The summed E-state index contributed by atoms with van der Waals surface area (Å²) in [5.74, 6) is 0.840. The Bertz CT molecular complexity index is 333. The molecule has 0 aromatic heterocycles. The van der Waals surface area contributed by atoms with E-state index >= 15 is 0 Å². The highest BCUT2D eigenvalue weighted by atomic mass is 16.2. The number of hydrogen-bond acceptors (Lipinski definition) is 3. The zero-order valence-electron chi connectivity index (χ0n) is 12.8. The average molecular weight is 279 g/mol. The van der Waals surface area contributed by atoms with Crippen LogP contribution in [0, 0.1) is 5.92 Å². The third kappa shape index (κ3) is 3.01. The largest absolute Gasteiger partial charge is 0.339 e. The minimum Gasteiger partial charge on any atom is -0.339 e. The third-order valence-electron chi connectivity index (χ3n) is 5.50. The number of amides is 1. The predicted molar refractivity (Wildman–Crippen MR) is 80.6 cm³/mol. The standard InChI is InChI=1S/C16H29N3O/c1-13-5-4-8-17-15(13)16(20)19-11-9-18(10-12-19)14-6-2-3-7-14/h13-15,17H,2-12H2,1H3. The third-order valence-corrected chi connectivity index (χ3v) is 5.50. The maximum Gasteiger partial charge on any atom is 0.240 e. The monoisotopic (exact) mass is 279 g/mol. The van der Waals surface area contributed by atoms with E-state index < -0.39 is 0 Å². The molecule has 2 saturated heterocycles. The van der Waals surface area contributed by atoms with Crippen LogP contribution >= 0.6 is 0 Å². The van der Waals surface area contributed by atoms with Gasteiger partial charge in [0.2, 0.25) is 5.91 Å².